The predicted octanol–water partition coefficient (Wildman–Crippen LogP) is 3.92. The number of phosphoric acid groups is 3. The minimum atomic E-state index is -5.57. The van der Waals surface area contributed by atoms with Crippen LogP contribution in [0.5, 0.6) is 0 Å². The van der Waals surface area contributed by atoms with Gasteiger partial charge in [-0.2, -0.15) is 4.31 Å². The van der Waals surface area contributed by atoms with Crippen molar-refractivity contribution < 1.29 is 80.5 Å². The van der Waals surface area contributed by atoms with E-state index in [0.717, 1.165) is 61.1 Å². The van der Waals surface area contributed by atoms with Crippen LogP contribution in [0.4, 0.5) is 5.82 Å². The van der Waals surface area contributed by atoms with Crippen molar-refractivity contribution in [1.29, 1.82) is 0 Å². The molecule has 2 aromatic rings. The molecule has 0 radical (unpaired) electrons. The second-order valence-corrected chi connectivity index (χ2v) is 21.3. The molecular formula is C37H64N7O17P3S. The highest BCUT2D eigenvalue weighted by molar-refractivity contribution is 8.13. The van der Waals surface area contributed by atoms with Crippen molar-refractivity contribution in [2.75, 3.05) is 37.8 Å². The number of nitrogens with two attached hydrogens (primary N) is 1. The molecule has 0 aromatic carbocycles. The Hall–Kier alpha value is -2.70. The Morgan fingerprint density at radius 2 is 1.57 bits per heavy atom. The third-order valence-corrected chi connectivity index (χ3v) is 13.9. The van der Waals surface area contributed by atoms with Gasteiger partial charge >= 0.3 is 23.5 Å². The minimum absolute atomic E-state index is 0.0327. The number of unbranched alkanes of at least 4 members (excludes halogenated alkanes) is 9. The first kappa shape index (κ1) is 56.6. The van der Waals surface area contributed by atoms with E-state index < -0.39 is 84.6 Å². The van der Waals surface area contributed by atoms with Crippen molar-refractivity contribution in [2.24, 2.45) is 5.41 Å². The average molecular weight is 1000 g/mol. The van der Waals surface area contributed by atoms with Crippen molar-refractivity contribution in [1.82, 2.24) is 30.2 Å². The number of nitrogen functional groups attached to an aromatic ring is 1. The summed E-state index contributed by atoms with van der Waals surface area (Å²) in [5.74, 6) is -1.04. The minimum Gasteiger partial charge on any atom is -0.386 e. The Morgan fingerprint density at radius 1 is 0.923 bits per heavy atom. The molecule has 10 N–H and O–H groups in total. The van der Waals surface area contributed by atoms with E-state index in [-0.39, 0.29) is 41.6 Å². The molecule has 7 unspecified atom stereocenters. The summed E-state index contributed by atoms with van der Waals surface area (Å²) < 4.78 is 62.4. The quantitative estimate of drug-likeness (QED) is 0.0285. The number of hydrogen-bond acceptors (Lipinski definition) is 18. The molecule has 2 aromatic heterocycles. The topological polar surface area (TPSA) is 364 Å². The number of aromatic nitrogens is 4. The number of hydrogen-bond donors (Lipinski definition) is 9. The number of nitrogens with one attached hydrogen (secondary N) is 2. The van der Waals surface area contributed by atoms with Gasteiger partial charge < -0.3 is 50.9 Å². The van der Waals surface area contributed by atoms with Crippen LogP contribution < -0.4 is 16.4 Å². The van der Waals surface area contributed by atoms with E-state index in [1.807, 2.05) is 0 Å². The van der Waals surface area contributed by atoms with Crippen LogP contribution in [0, 0.1) is 5.41 Å². The summed E-state index contributed by atoms with van der Waals surface area (Å²) >= 11 is 1.14. The summed E-state index contributed by atoms with van der Waals surface area (Å²) in [5.41, 5.74) is 4.28. The van der Waals surface area contributed by atoms with Crippen molar-refractivity contribution >= 4 is 69.1 Å². The molecule has 1 saturated heterocycles. The largest absolute Gasteiger partial charge is 0.481 e. The van der Waals surface area contributed by atoms with Gasteiger partial charge in [0.1, 0.15) is 36.3 Å². The zero-order valence-corrected chi connectivity index (χ0v) is 40.2. The molecule has 0 saturated carbocycles. The first-order chi connectivity index (χ1) is 30.6. The summed E-state index contributed by atoms with van der Waals surface area (Å²) in [7, 11) is -16.4. The van der Waals surface area contributed by atoms with Crippen LogP contribution in [0.2, 0.25) is 0 Å². The number of rotatable bonds is 32. The molecule has 28 heteroatoms. The number of carbonyl (C=O) groups is 3. The molecule has 0 bridgehead atoms. The fourth-order valence-corrected chi connectivity index (χ4v) is 9.90. The second kappa shape index (κ2) is 27.3. The molecule has 0 spiro atoms. The normalized spacial score (nSPS) is 20.4. The van der Waals surface area contributed by atoms with Gasteiger partial charge in [-0.25, -0.2) is 28.6 Å². The van der Waals surface area contributed by atoms with Gasteiger partial charge in [0.25, 0.3) is 0 Å². The maximum atomic E-state index is 12.7. The maximum Gasteiger partial charge on any atom is 0.481 e. The predicted molar refractivity (Wildman–Crippen MR) is 237 cm³/mol. The zero-order valence-electron chi connectivity index (χ0n) is 36.7. The van der Waals surface area contributed by atoms with Crippen LogP contribution in [0.1, 0.15) is 110 Å². The van der Waals surface area contributed by atoms with Gasteiger partial charge in [-0.1, -0.05) is 83.2 Å². The molecule has 65 heavy (non-hydrogen) atoms. The number of amides is 2. The highest BCUT2D eigenvalue weighted by atomic mass is 32.2. The number of carbonyl (C=O) groups excluding carboxylic acids is 3. The van der Waals surface area contributed by atoms with Crippen LogP contribution >= 0.6 is 35.2 Å². The summed E-state index contributed by atoms with van der Waals surface area (Å²) in [6, 6.07) is 0. The lowest BCUT2D eigenvalue weighted by Crippen LogP contribution is -2.46. The molecule has 370 valence electrons. The van der Waals surface area contributed by atoms with Crippen molar-refractivity contribution in [2.45, 2.75) is 135 Å². The van der Waals surface area contributed by atoms with Crippen molar-refractivity contribution in [3.8, 4) is 0 Å². The summed E-state index contributed by atoms with van der Waals surface area (Å²) in [6.07, 6.45) is 10.7. The first-order valence-corrected chi connectivity index (χ1v) is 26.8. The lowest BCUT2D eigenvalue weighted by atomic mass is 9.87. The zero-order chi connectivity index (χ0) is 48.3. The average Bonchev–Trinajstić information content (AvgIpc) is 3.79. The molecule has 0 aliphatic carbocycles. The summed E-state index contributed by atoms with van der Waals surface area (Å²) in [5, 5.41) is 26.6. The van der Waals surface area contributed by atoms with E-state index in [9.17, 15) is 57.9 Å². The highest BCUT2D eigenvalue weighted by Gasteiger charge is 2.50. The van der Waals surface area contributed by atoms with Gasteiger partial charge in [-0.3, -0.25) is 32.5 Å². The molecule has 3 heterocycles. The molecule has 3 rings (SSSR count). The Labute approximate surface area is 381 Å². The Kier molecular flexibility index (Phi) is 23.8. The second-order valence-electron chi connectivity index (χ2n) is 15.9. The van der Waals surface area contributed by atoms with E-state index in [4.69, 9.17) is 19.5 Å². The van der Waals surface area contributed by atoms with Crippen LogP contribution in [0.3, 0.4) is 0 Å². The van der Waals surface area contributed by atoms with E-state index in [1.54, 1.807) is 0 Å². The molecule has 2 amide bonds. The number of aliphatic hydroxyl groups is 2. The maximum absolute atomic E-state index is 12.7. The number of imidazole rings is 1. The van der Waals surface area contributed by atoms with Gasteiger partial charge in [-0.15, -0.1) is 0 Å². The Morgan fingerprint density at radius 3 is 2.25 bits per heavy atom. The fourth-order valence-electron chi connectivity index (χ4n) is 6.35. The third-order valence-electron chi connectivity index (χ3n) is 9.91. The number of ether oxygens (including phenoxy) is 1. The molecule has 24 nitrogen and oxygen atoms in total. The van der Waals surface area contributed by atoms with Crippen LogP contribution in [-0.2, 0) is 50.7 Å². The number of allylic oxidation sites excluding steroid dienone is 2. The number of fused-ring (bicyclic) bond motifs is 1. The third kappa shape index (κ3) is 20.6. The van der Waals surface area contributed by atoms with Gasteiger partial charge in [0.15, 0.2) is 22.8 Å². The Bertz CT molecular complexity index is 2010. The standard InChI is InChI=1S/C37H64N7O17P3S/c1-4-5-6-7-8-9-10-11-12-13-14-15-16-17-28(46)65-21-20-39-27(45)18-19-40-35(49)32(48)37(2,3)23-58-64(55,56)61-63(53,54)57-22-26-31(60-62(50,51)52)30(47)36(59-26)44-25-43-29-33(38)41-24-42-34(29)44/h11-12,24-26,30-32,36,47-48H,4-10,13-23H2,1-3H3,(H,39,45)(H,40,49)(H,53,54)(H,55,56)(H2,38,41,42)(H2,50,51,52)/b12-11+. The number of nitrogens with zero attached hydrogens (tertiary/aromatic N) is 4. The van der Waals surface area contributed by atoms with E-state index in [0.29, 0.717) is 12.2 Å². The molecule has 1 fully saturated rings. The number of phosphoric ester groups is 3. The lowest BCUT2D eigenvalue weighted by Gasteiger charge is -2.30. The smallest absolute Gasteiger partial charge is 0.386 e. The summed E-state index contributed by atoms with van der Waals surface area (Å²) in [4.78, 5) is 88.2. The van der Waals surface area contributed by atoms with Gasteiger partial charge in [0.2, 0.25) is 11.8 Å². The SMILES string of the molecule is CCCCCCCC/C=C/CCCCCC(=O)SCCNC(=O)CCNC(=O)C(O)C(C)(C)COP(=O)(O)OP(=O)(O)OCC1OC(n2cnc3c(N)ncnc32)C(O)C1OP(=O)(O)O. The van der Waals surface area contributed by atoms with Crippen LogP contribution in [0.15, 0.2) is 24.8 Å². The Balaban J connectivity index is 1.33. The fraction of sp³-hybridized carbons (Fsp3) is 0.730. The van der Waals surface area contributed by atoms with Crippen molar-refractivity contribution in [3.05, 3.63) is 24.8 Å². The molecule has 7 atom stereocenters. The molecule has 1 aliphatic rings. The first-order valence-electron chi connectivity index (χ1n) is 21.3. The summed E-state index contributed by atoms with van der Waals surface area (Å²) in [6.45, 7) is 2.77. The molecule has 1 aliphatic heterocycles. The van der Waals surface area contributed by atoms with Crippen LogP contribution in [-0.4, -0.2) is 123 Å². The monoisotopic (exact) mass is 1000 g/mol. The highest BCUT2D eigenvalue weighted by Crippen LogP contribution is 2.61. The van der Waals surface area contributed by atoms with Gasteiger partial charge in [-0.05, 0) is 32.1 Å². The van der Waals surface area contributed by atoms with E-state index in [1.165, 1.54) is 52.4 Å². The van der Waals surface area contributed by atoms with E-state index in [2.05, 4.69) is 53.5 Å². The number of anilines is 1. The van der Waals surface area contributed by atoms with Crippen molar-refractivity contribution in [3.63, 3.8) is 0 Å². The van der Waals surface area contributed by atoms with Crippen LogP contribution in [0.25, 0.3) is 11.2 Å². The lowest BCUT2D eigenvalue weighted by molar-refractivity contribution is -0.137. The molecular weight excluding hydrogens is 939 g/mol. The number of thioether (sulfide) groups is 1. The van der Waals surface area contributed by atoms with Gasteiger partial charge in [0.05, 0.1) is 19.5 Å². The van der Waals surface area contributed by atoms with Gasteiger partial charge in [0, 0.05) is 37.1 Å². The number of aliphatic hydroxyl groups excluding tert-OH is 2. The van der Waals surface area contributed by atoms with E-state index >= 15 is 0 Å².